The van der Waals surface area contributed by atoms with Crippen molar-refractivity contribution in [2.45, 2.75) is 39.2 Å². The molecule has 1 aliphatic heterocycles. The molecule has 0 unspecified atom stereocenters. The van der Waals surface area contributed by atoms with E-state index in [-0.39, 0.29) is 0 Å². The second-order valence-corrected chi connectivity index (χ2v) is 7.36. The molecule has 3 atom stereocenters. The van der Waals surface area contributed by atoms with E-state index in [9.17, 15) is 0 Å². The van der Waals surface area contributed by atoms with Crippen LogP contribution in [0.5, 0.6) is 5.75 Å². The Morgan fingerprint density at radius 2 is 2.17 bits per heavy atom. The summed E-state index contributed by atoms with van der Waals surface area (Å²) in [6.07, 6.45) is 6.07. The normalized spacial score (nSPS) is 27.6. The van der Waals surface area contributed by atoms with Crippen LogP contribution in [0.25, 0.3) is 10.9 Å². The van der Waals surface area contributed by atoms with Crippen molar-refractivity contribution in [2.75, 3.05) is 13.7 Å². The van der Waals surface area contributed by atoms with Crippen molar-refractivity contribution in [3.63, 3.8) is 0 Å². The highest BCUT2D eigenvalue weighted by Crippen LogP contribution is 2.39. The van der Waals surface area contributed by atoms with Gasteiger partial charge in [0.15, 0.2) is 0 Å². The molecule has 0 fully saturated rings. The third-order valence-corrected chi connectivity index (χ3v) is 5.87. The number of benzene rings is 1. The van der Waals surface area contributed by atoms with Gasteiger partial charge in [-0.1, -0.05) is 18.6 Å². The third-order valence-electron chi connectivity index (χ3n) is 5.87. The Kier molecular flexibility index (Phi) is 3.68. The first-order valence-corrected chi connectivity index (χ1v) is 8.85. The van der Waals surface area contributed by atoms with E-state index < -0.39 is 0 Å². The molecule has 2 aromatic rings. The molecule has 3 N–H and O–H groups in total. The van der Waals surface area contributed by atoms with E-state index in [4.69, 9.17) is 4.74 Å². The predicted octanol–water partition coefficient (Wildman–Crippen LogP) is 3.33. The summed E-state index contributed by atoms with van der Waals surface area (Å²) in [7, 11) is 1.75. The molecule has 122 valence electrons. The highest BCUT2D eigenvalue weighted by molar-refractivity contribution is 5.86. The van der Waals surface area contributed by atoms with Crippen LogP contribution in [0, 0.1) is 11.8 Å². The summed E-state index contributed by atoms with van der Waals surface area (Å²) < 4.78 is 5.43. The number of hydrogen-bond donors (Lipinski definition) is 2. The van der Waals surface area contributed by atoms with Crippen molar-refractivity contribution in [3.8, 4) is 5.75 Å². The Bertz CT molecular complexity index is 758. The lowest BCUT2D eigenvalue weighted by Gasteiger charge is -2.34. The number of nitrogens with one attached hydrogen (secondary N) is 1. The van der Waals surface area contributed by atoms with Crippen LogP contribution in [0.4, 0.5) is 0 Å². The largest absolute Gasteiger partial charge is 0.497 e. The second kappa shape index (κ2) is 5.72. The van der Waals surface area contributed by atoms with Crippen LogP contribution < -0.4 is 10.1 Å². The number of fused-ring (bicyclic) bond motifs is 3. The molecule has 0 bridgehead atoms. The van der Waals surface area contributed by atoms with Gasteiger partial charge in [-0.2, -0.15) is 0 Å². The summed E-state index contributed by atoms with van der Waals surface area (Å²) in [6.45, 7) is 5.89. The highest BCUT2D eigenvalue weighted by Gasteiger charge is 2.37. The molecular weight excluding hydrogens is 284 g/mol. The Balaban J connectivity index is 1.76. The Morgan fingerprint density at radius 3 is 2.96 bits per heavy atom. The topological polar surface area (TPSA) is 41.6 Å². The average Bonchev–Trinajstić information content (AvgIpc) is 2.93. The van der Waals surface area contributed by atoms with Crippen molar-refractivity contribution in [1.29, 1.82) is 0 Å². The lowest BCUT2D eigenvalue weighted by molar-refractivity contribution is -0.707. The van der Waals surface area contributed by atoms with Crippen LogP contribution in [0.1, 0.15) is 44.0 Å². The quantitative estimate of drug-likeness (QED) is 0.821. The van der Waals surface area contributed by atoms with Gasteiger partial charge in [-0.25, -0.2) is 0 Å². The highest BCUT2D eigenvalue weighted by atomic mass is 16.5. The molecular formula is C20H27N2O+. The van der Waals surface area contributed by atoms with Gasteiger partial charge in [0.1, 0.15) is 11.8 Å². The summed E-state index contributed by atoms with van der Waals surface area (Å²) >= 11 is 0. The zero-order valence-corrected chi connectivity index (χ0v) is 14.4. The smallest absolute Gasteiger partial charge is 0.130 e. The number of allylic oxidation sites excluding steroid dienone is 2. The van der Waals surface area contributed by atoms with Crippen molar-refractivity contribution in [1.82, 2.24) is 4.98 Å². The standard InChI is InChI=1S/C20H26N2O/c1-12-4-6-15(13(2)10-12)19-20-16(8-9-21-19)17-11-14(23-3)5-7-18(17)22-20/h4-5,7,11,13,15,19,21-22H,6,8-10H2,1-3H3/p+1/t13-,15-,19+/m0/s1. The SMILES string of the molecule is COc1ccc2[nH]c3c(c2c1)CC[NH2+][C@@H]3[C@H]1CC=C(C)C[C@@H]1C. The van der Waals surface area contributed by atoms with Crippen LogP contribution in [0.2, 0.25) is 0 Å². The monoisotopic (exact) mass is 311 g/mol. The fraction of sp³-hybridized carbons (Fsp3) is 0.500. The number of hydrogen-bond acceptors (Lipinski definition) is 1. The number of rotatable bonds is 2. The van der Waals surface area contributed by atoms with Gasteiger partial charge in [0.2, 0.25) is 0 Å². The maximum Gasteiger partial charge on any atom is 0.130 e. The summed E-state index contributed by atoms with van der Waals surface area (Å²) in [6, 6.07) is 6.98. The number of aromatic nitrogens is 1. The molecule has 0 saturated heterocycles. The van der Waals surface area contributed by atoms with E-state index in [0.717, 1.165) is 24.0 Å². The molecule has 0 saturated carbocycles. The first-order chi connectivity index (χ1) is 11.2. The van der Waals surface area contributed by atoms with Gasteiger partial charge >= 0.3 is 0 Å². The minimum absolute atomic E-state index is 0.566. The van der Waals surface area contributed by atoms with Gasteiger partial charge in [-0.3, -0.25) is 0 Å². The molecule has 4 rings (SSSR count). The van der Waals surface area contributed by atoms with E-state index in [0.29, 0.717) is 6.04 Å². The minimum atomic E-state index is 0.566. The number of H-pyrrole nitrogens is 1. The van der Waals surface area contributed by atoms with Gasteiger partial charge in [0.05, 0.1) is 19.3 Å². The molecule has 3 heteroatoms. The van der Waals surface area contributed by atoms with Crippen molar-refractivity contribution in [2.24, 2.45) is 11.8 Å². The van der Waals surface area contributed by atoms with Crippen molar-refractivity contribution in [3.05, 3.63) is 41.1 Å². The first-order valence-electron chi connectivity index (χ1n) is 8.85. The Morgan fingerprint density at radius 1 is 1.30 bits per heavy atom. The van der Waals surface area contributed by atoms with E-state index in [1.54, 1.807) is 12.7 Å². The lowest BCUT2D eigenvalue weighted by Crippen LogP contribution is -2.88. The fourth-order valence-corrected chi connectivity index (χ4v) is 4.66. The Labute approximate surface area is 138 Å². The fourth-order valence-electron chi connectivity index (χ4n) is 4.66. The van der Waals surface area contributed by atoms with Crippen LogP contribution in [0.15, 0.2) is 29.8 Å². The molecule has 1 aliphatic carbocycles. The van der Waals surface area contributed by atoms with E-state index in [1.165, 1.54) is 41.5 Å². The van der Waals surface area contributed by atoms with E-state index in [1.807, 2.05) is 0 Å². The van der Waals surface area contributed by atoms with Crippen LogP contribution in [-0.2, 0) is 6.42 Å². The number of methoxy groups -OCH3 is 1. The number of ether oxygens (including phenoxy) is 1. The molecule has 0 amide bonds. The third kappa shape index (κ3) is 2.47. The summed E-state index contributed by atoms with van der Waals surface area (Å²) in [5.74, 6) is 2.44. The lowest BCUT2D eigenvalue weighted by atomic mass is 9.74. The van der Waals surface area contributed by atoms with Gasteiger partial charge < -0.3 is 15.0 Å². The second-order valence-electron chi connectivity index (χ2n) is 7.36. The summed E-state index contributed by atoms with van der Waals surface area (Å²) in [5, 5.41) is 3.91. The van der Waals surface area contributed by atoms with Gasteiger partial charge in [-0.15, -0.1) is 0 Å². The number of nitrogens with two attached hydrogens (primary N) is 1. The molecule has 1 aromatic carbocycles. The molecule has 0 radical (unpaired) electrons. The van der Waals surface area contributed by atoms with Crippen LogP contribution in [-0.4, -0.2) is 18.6 Å². The first kappa shape index (κ1) is 14.8. The summed E-state index contributed by atoms with van der Waals surface area (Å²) in [4.78, 5) is 3.74. The summed E-state index contributed by atoms with van der Waals surface area (Å²) in [5.41, 5.74) is 5.80. The van der Waals surface area contributed by atoms with Crippen LogP contribution in [0.3, 0.4) is 0 Å². The zero-order chi connectivity index (χ0) is 16.0. The predicted molar refractivity (Wildman–Crippen MR) is 93.7 cm³/mol. The molecule has 23 heavy (non-hydrogen) atoms. The van der Waals surface area contributed by atoms with Gasteiger partial charge in [0.25, 0.3) is 0 Å². The molecule has 3 nitrogen and oxygen atoms in total. The molecule has 1 aromatic heterocycles. The Hall–Kier alpha value is -1.74. The molecule has 0 spiro atoms. The molecule has 2 heterocycles. The van der Waals surface area contributed by atoms with E-state index in [2.05, 4.69) is 48.4 Å². The average molecular weight is 311 g/mol. The maximum absolute atomic E-state index is 5.43. The van der Waals surface area contributed by atoms with Crippen molar-refractivity contribution < 1.29 is 10.1 Å². The van der Waals surface area contributed by atoms with Gasteiger partial charge in [0, 0.05) is 23.2 Å². The van der Waals surface area contributed by atoms with Crippen LogP contribution >= 0.6 is 0 Å². The zero-order valence-electron chi connectivity index (χ0n) is 14.4. The van der Waals surface area contributed by atoms with Crippen molar-refractivity contribution >= 4 is 10.9 Å². The van der Waals surface area contributed by atoms with Gasteiger partial charge in [-0.05, 0) is 49.4 Å². The maximum atomic E-state index is 5.43. The number of quaternary nitrogens is 1. The number of aromatic amines is 1. The minimum Gasteiger partial charge on any atom is -0.497 e. The molecule has 2 aliphatic rings. The van der Waals surface area contributed by atoms with E-state index >= 15 is 0 Å².